The molecule has 182 valence electrons. The van der Waals surface area contributed by atoms with Crippen molar-refractivity contribution in [3.8, 4) is 11.4 Å². The molecule has 1 N–H and O–H groups in total. The Morgan fingerprint density at radius 1 is 1.14 bits per heavy atom. The number of halogens is 3. The van der Waals surface area contributed by atoms with Crippen molar-refractivity contribution in [1.82, 2.24) is 19.7 Å². The molecule has 0 bridgehead atoms. The number of hydrogen-bond donors (Lipinski definition) is 1. The highest BCUT2D eigenvalue weighted by Crippen LogP contribution is 2.35. The van der Waals surface area contributed by atoms with E-state index in [9.17, 15) is 18.0 Å². The minimum Gasteiger partial charge on any atom is -0.497 e. The predicted octanol–water partition coefficient (Wildman–Crippen LogP) is 5.71. The van der Waals surface area contributed by atoms with Gasteiger partial charge < -0.3 is 14.6 Å². The van der Waals surface area contributed by atoms with Crippen molar-refractivity contribution < 1.29 is 22.7 Å². The van der Waals surface area contributed by atoms with Crippen molar-refractivity contribution in [3.63, 3.8) is 0 Å². The van der Waals surface area contributed by atoms with Crippen LogP contribution >= 0.6 is 0 Å². The fraction of sp³-hybridized carbons (Fsp3) is 0.308. The Kier molecular flexibility index (Phi) is 5.78. The van der Waals surface area contributed by atoms with Crippen molar-refractivity contribution in [3.05, 3.63) is 77.2 Å². The average Bonchev–Trinajstić information content (AvgIpc) is 3.46. The summed E-state index contributed by atoms with van der Waals surface area (Å²) < 4.78 is 46.1. The molecular weight excluding hydrogens is 457 g/mol. The number of nitrogens with one attached hydrogen (secondary N) is 1. The van der Waals surface area contributed by atoms with E-state index in [4.69, 9.17) is 4.74 Å². The summed E-state index contributed by atoms with van der Waals surface area (Å²) in [5.41, 5.74) is 2.70. The van der Waals surface area contributed by atoms with Gasteiger partial charge in [0.05, 0.1) is 35.8 Å². The Balaban J connectivity index is 1.31. The number of benzene rings is 2. The SMILES string of the molecule is COc1ccc2[nH]cc(C3CCN(C(=O)c4cnn(-c5cccc(C(F)(F)F)c5)c4C)CC3)c2c1. The number of carbonyl (C=O) groups excluding carboxylic acids is 1. The predicted molar refractivity (Wildman–Crippen MR) is 126 cm³/mol. The number of amides is 1. The van der Waals surface area contributed by atoms with Crippen LogP contribution in [0.3, 0.4) is 0 Å². The van der Waals surface area contributed by atoms with E-state index in [1.165, 1.54) is 22.5 Å². The van der Waals surface area contributed by atoms with Gasteiger partial charge in [-0.25, -0.2) is 4.68 Å². The molecule has 2 aromatic carbocycles. The molecule has 4 aromatic rings. The lowest BCUT2D eigenvalue weighted by molar-refractivity contribution is -0.137. The van der Waals surface area contributed by atoms with Crippen LogP contribution < -0.4 is 4.74 Å². The van der Waals surface area contributed by atoms with E-state index in [0.29, 0.717) is 30.3 Å². The number of nitrogens with zero attached hydrogens (tertiary/aromatic N) is 3. The van der Waals surface area contributed by atoms with E-state index in [0.717, 1.165) is 41.6 Å². The maximum Gasteiger partial charge on any atom is 0.416 e. The summed E-state index contributed by atoms with van der Waals surface area (Å²) in [4.78, 5) is 18.4. The highest BCUT2D eigenvalue weighted by molar-refractivity contribution is 5.95. The van der Waals surface area contributed by atoms with Gasteiger partial charge in [-0.3, -0.25) is 4.79 Å². The van der Waals surface area contributed by atoms with Crippen LogP contribution in [0.25, 0.3) is 16.6 Å². The lowest BCUT2D eigenvalue weighted by atomic mass is 9.89. The van der Waals surface area contributed by atoms with E-state index in [1.807, 2.05) is 24.4 Å². The van der Waals surface area contributed by atoms with Crippen molar-refractivity contribution in [2.24, 2.45) is 0 Å². The third kappa shape index (κ3) is 4.26. The minimum atomic E-state index is -4.45. The standard InChI is InChI=1S/C26H25F3N4O2/c1-16-22(15-31-33(16)19-5-3-4-18(12-19)26(27,28)29)25(34)32-10-8-17(9-11-32)23-14-30-24-7-6-20(35-2)13-21(23)24/h3-7,12-15,17,30H,8-11H2,1-2H3. The van der Waals surface area contributed by atoms with Crippen molar-refractivity contribution >= 4 is 16.8 Å². The summed E-state index contributed by atoms with van der Waals surface area (Å²) in [6.45, 7) is 2.88. The Hall–Kier alpha value is -3.75. The zero-order valence-electron chi connectivity index (χ0n) is 19.4. The van der Waals surface area contributed by atoms with E-state index in [-0.39, 0.29) is 11.6 Å². The fourth-order valence-corrected chi connectivity index (χ4v) is 4.84. The Morgan fingerprint density at radius 2 is 1.91 bits per heavy atom. The number of H-pyrrole nitrogens is 1. The molecule has 2 aromatic heterocycles. The monoisotopic (exact) mass is 482 g/mol. The molecule has 1 aliphatic rings. The molecule has 0 saturated carbocycles. The molecule has 1 fully saturated rings. The molecule has 9 heteroatoms. The number of methoxy groups -OCH3 is 1. The van der Waals surface area contributed by atoms with Gasteiger partial charge in [0.25, 0.3) is 5.91 Å². The number of likely N-dealkylation sites (tertiary alicyclic amines) is 1. The van der Waals surface area contributed by atoms with Crippen LogP contribution in [0, 0.1) is 6.92 Å². The second kappa shape index (κ2) is 8.79. The van der Waals surface area contributed by atoms with Crippen molar-refractivity contribution in [2.45, 2.75) is 31.9 Å². The fourth-order valence-electron chi connectivity index (χ4n) is 4.84. The molecule has 0 radical (unpaired) electrons. The van der Waals surface area contributed by atoms with Gasteiger partial charge in [0.1, 0.15) is 5.75 Å². The topological polar surface area (TPSA) is 63.1 Å². The highest BCUT2D eigenvalue weighted by Gasteiger charge is 2.31. The second-order valence-electron chi connectivity index (χ2n) is 8.83. The maximum absolute atomic E-state index is 13.3. The van der Waals surface area contributed by atoms with Crippen molar-refractivity contribution in [2.75, 3.05) is 20.2 Å². The van der Waals surface area contributed by atoms with Gasteiger partial charge in [-0.1, -0.05) is 6.07 Å². The first-order valence-corrected chi connectivity index (χ1v) is 11.4. The van der Waals surface area contributed by atoms with E-state index >= 15 is 0 Å². The van der Waals surface area contributed by atoms with Crippen LogP contribution in [0.2, 0.25) is 0 Å². The van der Waals surface area contributed by atoms with Crippen LogP contribution in [-0.2, 0) is 6.18 Å². The van der Waals surface area contributed by atoms with Crippen LogP contribution in [0.15, 0.2) is 54.9 Å². The molecule has 0 atom stereocenters. The first kappa shape index (κ1) is 23.0. The first-order chi connectivity index (χ1) is 16.8. The molecule has 5 rings (SSSR count). The van der Waals surface area contributed by atoms with Crippen LogP contribution in [0.1, 0.15) is 45.9 Å². The zero-order valence-corrected chi connectivity index (χ0v) is 19.4. The summed E-state index contributed by atoms with van der Waals surface area (Å²) >= 11 is 0. The van der Waals surface area contributed by atoms with Gasteiger partial charge in [0.15, 0.2) is 0 Å². The lowest BCUT2D eigenvalue weighted by Crippen LogP contribution is -2.38. The molecule has 3 heterocycles. The van der Waals surface area contributed by atoms with Crippen LogP contribution in [0.4, 0.5) is 13.2 Å². The molecule has 1 aliphatic heterocycles. The summed E-state index contributed by atoms with van der Waals surface area (Å²) in [5.74, 6) is 0.966. The number of aromatic amines is 1. The summed E-state index contributed by atoms with van der Waals surface area (Å²) in [7, 11) is 1.65. The van der Waals surface area contributed by atoms with Gasteiger partial charge in [-0.2, -0.15) is 18.3 Å². The number of rotatable bonds is 4. The molecule has 6 nitrogen and oxygen atoms in total. The van der Waals surface area contributed by atoms with E-state index in [1.54, 1.807) is 25.0 Å². The summed E-state index contributed by atoms with van der Waals surface area (Å²) in [6.07, 6.45) is 0.662. The first-order valence-electron chi connectivity index (χ1n) is 11.4. The average molecular weight is 483 g/mol. The summed E-state index contributed by atoms with van der Waals surface area (Å²) in [6, 6.07) is 10.9. The normalized spacial score (nSPS) is 15.1. The Morgan fingerprint density at radius 3 is 2.63 bits per heavy atom. The third-order valence-electron chi connectivity index (χ3n) is 6.80. The number of ether oxygens (including phenoxy) is 1. The largest absolute Gasteiger partial charge is 0.497 e. The second-order valence-corrected chi connectivity index (χ2v) is 8.83. The number of hydrogen-bond acceptors (Lipinski definition) is 3. The van der Waals surface area contributed by atoms with E-state index < -0.39 is 11.7 Å². The Bertz CT molecular complexity index is 1380. The smallest absolute Gasteiger partial charge is 0.416 e. The quantitative estimate of drug-likeness (QED) is 0.405. The zero-order chi connectivity index (χ0) is 24.7. The van der Waals surface area contributed by atoms with Gasteiger partial charge in [0, 0.05) is 30.2 Å². The van der Waals surface area contributed by atoms with E-state index in [2.05, 4.69) is 10.1 Å². The number of carbonyl (C=O) groups is 1. The lowest BCUT2D eigenvalue weighted by Gasteiger charge is -2.32. The molecule has 0 spiro atoms. The minimum absolute atomic E-state index is 0.153. The third-order valence-corrected chi connectivity index (χ3v) is 6.80. The van der Waals surface area contributed by atoms with Crippen LogP contribution in [0.5, 0.6) is 5.75 Å². The van der Waals surface area contributed by atoms with Gasteiger partial charge in [0.2, 0.25) is 0 Å². The van der Waals surface area contributed by atoms with Crippen LogP contribution in [-0.4, -0.2) is 45.8 Å². The highest BCUT2D eigenvalue weighted by atomic mass is 19.4. The number of aromatic nitrogens is 3. The number of fused-ring (bicyclic) bond motifs is 1. The summed E-state index contributed by atoms with van der Waals surface area (Å²) in [5, 5.41) is 5.35. The van der Waals surface area contributed by atoms with Crippen molar-refractivity contribution in [1.29, 1.82) is 0 Å². The van der Waals surface area contributed by atoms with Gasteiger partial charge >= 0.3 is 6.18 Å². The molecule has 1 saturated heterocycles. The number of piperidine rings is 1. The number of alkyl halides is 3. The molecule has 35 heavy (non-hydrogen) atoms. The maximum atomic E-state index is 13.3. The van der Waals surface area contributed by atoms with Gasteiger partial charge in [-0.15, -0.1) is 0 Å². The molecule has 1 amide bonds. The molecule has 0 aliphatic carbocycles. The Labute approximate surface area is 200 Å². The molecule has 0 unspecified atom stereocenters. The van der Waals surface area contributed by atoms with Gasteiger partial charge in [-0.05, 0) is 67.6 Å². The molecular formula is C26H25F3N4O2.